The van der Waals surface area contributed by atoms with Gasteiger partial charge >= 0.3 is 0 Å². The SMILES string of the molecule is CCCCCCOc1ccc(/C=N/NC(=O)CCCOc2ccc(CC)cc2Br)cc1. The van der Waals surface area contributed by atoms with Gasteiger partial charge in [0, 0.05) is 6.42 Å². The Labute approximate surface area is 194 Å². The van der Waals surface area contributed by atoms with Gasteiger partial charge < -0.3 is 9.47 Å². The molecule has 31 heavy (non-hydrogen) atoms. The molecule has 168 valence electrons. The summed E-state index contributed by atoms with van der Waals surface area (Å²) in [6.07, 6.45) is 8.35. The number of ether oxygens (including phenoxy) is 2. The minimum absolute atomic E-state index is 0.132. The molecule has 0 bridgehead atoms. The Kier molecular flexibility index (Phi) is 11.8. The number of halogens is 1. The average molecular weight is 489 g/mol. The van der Waals surface area contributed by atoms with Gasteiger partial charge in [0.05, 0.1) is 23.9 Å². The van der Waals surface area contributed by atoms with Crippen molar-refractivity contribution in [2.24, 2.45) is 5.10 Å². The molecule has 0 spiro atoms. The first-order chi connectivity index (χ1) is 15.1. The third kappa shape index (κ3) is 10.0. The van der Waals surface area contributed by atoms with Gasteiger partial charge in [0.15, 0.2) is 0 Å². The van der Waals surface area contributed by atoms with E-state index >= 15 is 0 Å². The Bertz CT molecular complexity index is 822. The molecule has 0 saturated carbocycles. The van der Waals surface area contributed by atoms with Gasteiger partial charge in [-0.2, -0.15) is 5.10 Å². The molecule has 0 atom stereocenters. The van der Waals surface area contributed by atoms with Crippen LogP contribution in [0.5, 0.6) is 11.5 Å². The maximum Gasteiger partial charge on any atom is 0.240 e. The highest BCUT2D eigenvalue weighted by atomic mass is 79.9. The largest absolute Gasteiger partial charge is 0.494 e. The number of unbranched alkanes of at least 4 members (excludes halogenated alkanes) is 3. The molecule has 0 fully saturated rings. The summed E-state index contributed by atoms with van der Waals surface area (Å²) in [5.74, 6) is 1.52. The number of carbonyl (C=O) groups excluding carboxylic acids is 1. The number of rotatable bonds is 14. The molecule has 2 aromatic carbocycles. The number of amides is 1. The summed E-state index contributed by atoms with van der Waals surface area (Å²) in [6, 6.07) is 13.8. The van der Waals surface area contributed by atoms with Crippen molar-refractivity contribution >= 4 is 28.1 Å². The molecule has 0 unspecified atom stereocenters. The Morgan fingerprint density at radius 1 is 1.00 bits per heavy atom. The van der Waals surface area contributed by atoms with Crippen LogP contribution in [0.4, 0.5) is 0 Å². The second-order valence-corrected chi connectivity index (χ2v) is 8.20. The molecule has 1 amide bonds. The molecule has 6 heteroatoms. The van der Waals surface area contributed by atoms with Crippen molar-refractivity contribution in [1.82, 2.24) is 5.43 Å². The van der Waals surface area contributed by atoms with Crippen LogP contribution in [0.25, 0.3) is 0 Å². The van der Waals surface area contributed by atoms with E-state index in [1.807, 2.05) is 36.4 Å². The van der Waals surface area contributed by atoms with E-state index in [2.05, 4.69) is 46.4 Å². The van der Waals surface area contributed by atoms with E-state index in [4.69, 9.17) is 9.47 Å². The first-order valence-electron chi connectivity index (χ1n) is 11.1. The fraction of sp³-hybridized carbons (Fsp3) is 0.440. The highest BCUT2D eigenvalue weighted by Gasteiger charge is 2.04. The number of nitrogens with one attached hydrogen (secondary N) is 1. The molecule has 2 aromatic rings. The van der Waals surface area contributed by atoms with Crippen LogP contribution in [0.2, 0.25) is 0 Å². The molecule has 0 radical (unpaired) electrons. The normalized spacial score (nSPS) is 10.9. The van der Waals surface area contributed by atoms with Crippen molar-refractivity contribution in [2.75, 3.05) is 13.2 Å². The zero-order chi connectivity index (χ0) is 22.3. The fourth-order valence-electron chi connectivity index (χ4n) is 2.90. The lowest BCUT2D eigenvalue weighted by molar-refractivity contribution is -0.121. The Balaban J connectivity index is 1.62. The molecule has 0 aliphatic carbocycles. The summed E-state index contributed by atoms with van der Waals surface area (Å²) in [4.78, 5) is 11.9. The standard InChI is InChI=1S/C25H33BrN2O3/c1-3-5-6-7-16-30-22-13-10-21(11-14-22)19-27-28-25(29)9-8-17-31-24-15-12-20(4-2)18-23(24)26/h10-15,18-19H,3-9,16-17H2,1-2H3,(H,28,29)/b27-19+. The number of hydrazone groups is 1. The molecule has 2 rings (SSSR count). The van der Waals surface area contributed by atoms with Crippen LogP contribution in [0.15, 0.2) is 52.0 Å². The zero-order valence-electron chi connectivity index (χ0n) is 18.5. The van der Waals surface area contributed by atoms with Gasteiger partial charge in [0.2, 0.25) is 5.91 Å². The summed E-state index contributed by atoms with van der Waals surface area (Å²) in [5.41, 5.74) is 4.72. The van der Waals surface area contributed by atoms with E-state index in [1.165, 1.54) is 24.8 Å². The van der Waals surface area contributed by atoms with E-state index in [9.17, 15) is 4.79 Å². The van der Waals surface area contributed by atoms with Gasteiger partial charge in [-0.25, -0.2) is 5.43 Å². The lowest BCUT2D eigenvalue weighted by Gasteiger charge is -2.09. The van der Waals surface area contributed by atoms with Gasteiger partial charge in [0.25, 0.3) is 0 Å². The molecule has 0 heterocycles. The van der Waals surface area contributed by atoms with Gasteiger partial charge in [0.1, 0.15) is 11.5 Å². The first kappa shape index (κ1) is 24.9. The molecule has 5 nitrogen and oxygen atoms in total. The van der Waals surface area contributed by atoms with Crippen LogP contribution in [0, 0.1) is 0 Å². The van der Waals surface area contributed by atoms with Crippen molar-refractivity contribution in [3.05, 3.63) is 58.1 Å². The molecule has 0 saturated heterocycles. The van der Waals surface area contributed by atoms with E-state index in [0.717, 1.165) is 41.0 Å². The van der Waals surface area contributed by atoms with Crippen LogP contribution in [0.1, 0.15) is 63.5 Å². The van der Waals surface area contributed by atoms with E-state index < -0.39 is 0 Å². The predicted molar refractivity (Wildman–Crippen MR) is 130 cm³/mol. The van der Waals surface area contributed by atoms with Crippen molar-refractivity contribution in [3.63, 3.8) is 0 Å². The van der Waals surface area contributed by atoms with E-state index in [-0.39, 0.29) is 5.91 Å². The summed E-state index contributed by atoms with van der Waals surface area (Å²) in [6.45, 7) is 5.53. The topological polar surface area (TPSA) is 59.9 Å². The Hall–Kier alpha value is -2.34. The highest BCUT2D eigenvalue weighted by molar-refractivity contribution is 9.10. The summed E-state index contributed by atoms with van der Waals surface area (Å²) >= 11 is 3.52. The lowest BCUT2D eigenvalue weighted by atomic mass is 10.2. The van der Waals surface area contributed by atoms with Crippen LogP contribution in [-0.2, 0) is 11.2 Å². The third-order valence-electron chi connectivity index (χ3n) is 4.76. The van der Waals surface area contributed by atoms with Crippen LogP contribution >= 0.6 is 15.9 Å². The summed E-state index contributed by atoms with van der Waals surface area (Å²) < 4.78 is 12.4. The quantitative estimate of drug-likeness (QED) is 0.193. The van der Waals surface area contributed by atoms with Crippen LogP contribution in [-0.4, -0.2) is 25.3 Å². The molecular formula is C25H33BrN2O3. The van der Waals surface area contributed by atoms with Gasteiger partial charge in [-0.3, -0.25) is 4.79 Å². The molecular weight excluding hydrogens is 456 g/mol. The molecule has 0 aliphatic rings. The molecule has 1 N–H and O–H groups in total. The number of hydrogen-bond acceptors (Lipinski definition) is 4. The maximum atomic E-state index is 11.9. The minimum Gasteiger partial charge on any atom is -0.494 e. The van der Waals surface area contributed by atoms with Gasteiger partial charge in [-0.1, -0.05) is 39.2 Å². The molecule has 0 aliphatic heterocycles. The number of aryl methyl sites for hydroxylation is 1. The lowest BCUT2D eigenvalue weighted by Crippen LogP contribution is -2.18. The third-order valence-corrected chi connectivity index (χ3v) is 5.38. The van der Waals surface area contributed by atoms with Crippen LogP contribution in [0.3, 0.4) is 0 Å². The predicted octanol–water partition coefficient (Wildman–Crippen LogP) is 6.28. The second-order valence-electron chi connectivity index (χ2n) is 7.34. The second kappa shape index (κ2) is 14.6. The highest BCUT2D eigenvalue weighted by Crippen LogP contribution is 2.26. The van der Waals surface area contributed by atoms with Crippen molar-refractivity contribution in [1.29, 1.82) is 0 Å². The fourth-order valence-corrected chi connectivity index (χ4v) is 3.44. The Morgan fingerprint density at radius 3 is 2.48 bits per heavy atom. The van der Waals surface area contributed by atoms with Crippen LogP contribution < -0.4 is 14.9 Å². The monoisotopic (exact) mass is 488 g/mol. The van der Waals surface area contributed by atoms with Gasteiger partial charge in [-0.05, 0) is 82.7 Å². The summed E-state index contributed by atoms with van der Waals surface area (Å²) in [5, 5.41) is 4.02. The maximum absolute atomic E-state index is 11.9. The smallest absolute Gasteiger partial charge is 0.240 e. The zero-order valence-corrected chi connectivity index (χ0v) is 20.1. The van der Waals surface area contributed by atoms with Crippen molar-refractivity contribution in [3.8, 4) is 11.5 Å². The summed E-state index contributed by atoms with van der Waals surface area (Å²) in [7, 11) is 0. The average Bonchev–Trinajstić information content (AvgIpc) is 2.78. The number of nitrogens with zero attached hydrogens (tertiary/aromatic N) is 1. The Morgan fingerprint density at radius 2 is 1.77 bits per heavy atom. The molecule has 0 aromatic heterocycles. The van der Waals surface area contributed by atoms with E-state index in [0.29, 0.717) is 19.4 Å². The number of benzene rings is 2. The van der Waals surface area contributed by atoms with E-state index in [1.54, 1.807) is 6.21 Å². The first-order valence-corrected chi connectivity index (χ1v) is 11.9. The van der Waals surface area contributed by atoms with Crippen molar-refractivity contribution < 1.29 is 14.3 Å². The van der Waals surface area contributed by atoms with Crippen molar-refractivity contribution in [2.45, 2.75) is 58.8 Å². The van der Waals surface area contributed by atoms with Gasteiger partial charge in [-0.15, -0.1) is 0 Å². The number of hydrogen-bond donors (Lipinski definition) is 1. The number of carbonyl (C=O) groups is 1. The minimum atomic E-state index is -0.132.